The minimum atomic E-state index is -0.231. The molecule has 2 saturated carbocycles. The summed E-state index contributed by atoms with van der Waals surface area (Å²) < 4.78 is 4.72. The second-order valence-corrected chi connectivity index (χ2v) is 14.1. The van der Waals surface area contributed by atoms with Crippen molar-refractivity contribution in [2.75, 3.05) is 0 Å². The molecule has 4 nitrogen and oxygen atoms in total. The molecule has 3 aliphatic carbocycles. The lowest BCUT2D eigenvalue weighted by molar-refractivity contribution is -0.536. The van der Waals surface area contributed by atoms with Crippen LogP contribution in [0, 0.1) is 10.8 Å². The van der Waals surface area contributed by atoms with Crippen LogP contribution in [-0.2, 0) is 16.4 Å². The van der Waals surface area contributed by atoms with Crippen molar-refractivity contribution in [1.82, 2.24) is 9.55 Å². The Balaban J connectivity index is 1.71. The molecule has 0 spiro atoms. The van der Waals surface area contributed by atoms with Gasteiger partial charge in [0.25, 0.3) is 5.65 Å². The van der Waals surface area contributed by atoms with Gasteiger partial charge in [-0.1, -0.05) is 62.3 Å². The van der Waals surface area contributed by atoms with Crippen molar-refractivity contribution >= 4 is 16.6 Å². The second kappa shape index (κ2) is 5.84. The van der Waals surface area contributed by atoms with Gasteiger partial charge in [0.2, 0.25) is 0 Å². The maximum absolute atomic E-state index is 14.8. The molecule has 184 valence electrons. The van der Waals surface area contributed by atoms with E-state index in [9.17, 15) is 4.79 Å². The van der Waals surface area contributed by atoms with Crippen LogP contribution in [0.5, 0.6) is 0 Å². The van der Waals surface area contributed by atoms with E-state index in [0.29, 0.717) is 11.3 Å². The summed E-state index contributed by atoms with van der Waals surface area (Å²) in [6.45, 7) is 21.0. The molecule has 0 N–H and O–H groups in total. The van der Waals surface area contributed by atoms with Crippen LogP contribution in [0.15, 0.2) is 23.1 Å². The van der Waals surface area contributed by atoms with E-state index in [4.69, 9.17) is 4.98 Å². The summed E-state index contributed by atoms with van der Waals surface area (Å²) in [5.74, 6) is 0.629. The highest BCUT2D eigenvalue weighted by Gasteiger charge is 2.83. The van der Waals surface area contributed by atoms with Crippen LogP contribution in [0.4, 0.5) is 0 Å². The van der Waals surface area contributed by atoms with Crippen LogP contribution in [0.2, 0.25) is 0 Å². The van der Waals surface area contributed by atoms with Gasteiger partial charge in [-0.15, -0.1) is 0 Å². The number of hydrogen-bond acceptors (Lipinski definition) is 2. The Labute approximate surface area is 208 Å². The number of pyridine rings is 2. The quantitative estimate of drug-likeness (QED) is 0.328. The Morgan fingerprint density at radius 2 is 1.86 bits per heavy atom. The molecule has 4 heteroatoms. The Morgan fingerprint density at radius 1 is 1.17 bits per heavy atom. The predicted octanol–water partition coefficient (Wildman–Crippen LogP) is 6.24. The van der Waals surface area contributed by atoms with Crippen molar-refractivity contribution in [2.45, 2.75) is 116 Å². The molecular weight excluding hydrogens is 430 g/mol. The minimum absolute atomic E-state index is 0.0275. The molecule has 0 radical (unpaired) electrons. The normalized spacial score (nSPS) is 35.7. The van der Waals surface area contributed by atoms with Gasteiger partial charge in [-0.2, -0.15) is 4.57 Å². The average Bonchev–Trinajstić information content (AvgIpc) is 2.88. The van der Waals surface area contributed by atoms with Gasteiger partial charge in [0.15, 0.2) is 0 Å². The van der Waals surface area contributed by atoms with Gasteiger partial charge in [0, 0.05) is 34.4 Å². The average molecular weight is 471 g/mol. The first-order valence-corrected chi connectivity index (χ1v) is 13.8. The topological polar surface area (TPSA) is 39.0 Å². The summed E-state index contributed by atoms with van der Waals surface area (Å²) >= 11 is 0. The third-order valence-electron chi connectivity index (χ3n) is 12.1. The zero-order valence-electron chi connectivity index (χ0n) is 23.0. The van der Waals surface area contributed by atoms with Gasteiger partial charge >= 0.3 is 5.56 Å². The molecule has 35 heavy (non-hydrogen) atoms. The largest absolute Gasteiger partial charge is 0.341 e. The van der Waals surface area contributed by atoms with Crippen molar-refractivity contribution < 1.29 is 4.40 Å². The van der Waals surface area contributed by atoms with Crippen LogP contribution in [0.25, 0.3) is 16.6 Å². The van der Waals surface area contributed by atoms with Gasteiger partial charge in [0.1, 0.15) is 11.2 Å². The van der Waals surface area contributed by atoms with E-state index in [0.717, 1.165) is 41.7 Å². The van der Waals surface area contributed by atoms with Gasteiger partial charge in [-0.25, -0.2) is 9.20 Å². The van der Waals surface area contributed by atoms with E-state index < -0.39 is 0 Å². The molecule has 1 aliphatic heterocycles. The molecule has 4 heterocycles. The van der Waals surface area contributed by atoms with Gasteiger partial charge in [-0.3, -0.25) is 4.98 Å². The summed E-state index contributed by atoms with van der Waals surface area (Å²) in [6.07, 6.45) is 6.47. The highest BCUT2D eigenvalue weighted by Crippen LogP contribution is 2.86. The maximum Gasteiger partial charge on any atom is 0.341 e. The van der Waals surface area contributed by atoms with Crippen molar-refractivity contribution in [3.8, 4) is 0 Å². The van der Waals surface area contributed by atoms with E-state index in [2.05, 4.69) is 89.6 Å². The fraction of sp³-hybridized carbons (Fsp3) is 0.645. The summed E-state index contributed by atoms with van der Waals surface area (Å²) in [7, 11) is 0. The highest BCUT2D eigenvalue weighted by atomic mass is 16.1. The molecular formula is C31H40N3O+. The Bertz CT molecular complexity index is 1550. The third-order valence-corrected chi connectivity index (χ3v) is 12.1. The molecule has 3 aromatic rings. The van der Waals surface area contributed by atoms with E-state index in [-0.39, 0.29) is 33.3 Å². The number of rotatable bonds is 2. The maximum atomic E-state index is 14.8. The number of nitrogens with zero attached hydrogens (tertiary/aromatic N) is 3. The lowest BCUT2D eigenvalue weighted by Crippen LogP contribution is -2.71. The van der Waals surface area contributed by atoms with Crippen molar-refractivity contribution in [2.24, 2.45) is 10.8 Å². The van der Waals surface area contributed by atoms with Crippen molar-refractivity contribution in [3.05, 3.63) is 51.2 Å². The molecule has 0 saturated heterocycles. The number of hydrogen-bond donors (Lipinski definition) is 0. The van der Waals surface area contributed by atoms with Gasteiger partial charge in [-0.05, 0) is 48.1 Å². The molecule has 2 fully saturated rings. The fourth-order valence-electron chi connectivity index (χ4n) is 9.85. The van der Waals surface area contributed by atoms with E-state index in [1.165, 1.54) is 23.1 Å². The molecule has 3 aromatic heterocycles. The first kappa shape index (κ1) is 22.0. The summed E-state index contributed by atoms with van der Waals surface area (Å²) in [4.78, 5) is 19.9. The highest BCUT2D eigenvalue weighted by molar-refractivity contribution is 5.94. The zero-order valence-corrected chi connectivity index (χ0v) is 23.0. The van der Waals surface area contributed by atoms with Crippen LogP contribution in [0.1, 0.15) is 122 Å². The monoisotopic (exact) mass is 470 g/mol. The Hall–Kier alpha value is -2.23. The molecule has 0 bridgehead atoms. The first-order chi connectivity index (χ1) is 16.3. The van der Waals surface area contributed by atoms with Gasteiger partial charge in [0.05, 0.1) is 22.7 Å². The van der Waals surface area contributed by atoms with E-state index in [1.807, 2.05) is 0 Å². The van der Waals surface area contributed by atoms with Crippen LogP contribution >= 0.6 is 0 Å². The minimum Gasteiger partial charge on any atom is -0.252 e. The molecule has 7 rings (SSSR count). The summed E-state index contributed by atoms with van der Waals surface area (Å²) in [5.41, 5.74) is 7.71. The standard InChI is InChI=1S/C31H40N3O/c1-10-31(11-2)17(3)18-14-21(27(4,5)6)32-20-12-13-33-24-23(26(35)34(31)25(33)22(18)20)19-15-28(7)16-29(24,8)30(19,28)9/h12-14,17,19H,10-11,15-16H2,1-9H3/q+1. The Kier molecular flexibility index (Phi) is 3.67. The molecule has 5 unspecified atom stereocenters. The molecule has 0 aromatic carbocycles. The van der Waals surface area contributed by atoms with E-state index >= 15 is 0 Å². The first-order valence-electron chi connectivity index (χ1n) is 13.8. The Morgan fingerprint density at radius 3 is 2.46 bits per heavy atom. The molecule has 0 amide bonds. The molecule has 4 aliphatic rings. The van der Waals surface area contributed by atoms with Gasteiger partial charge < -0.3 is 0 Å². The van der Waals surface area contributed by atoms with Crippen molar-refractivity contribution in [3.63, 3.8) is 0 Å². The lowest BCUT2D eigenvalue weighted by atomic mass is 9.28. The van der Waals surface area contributed by atoms with Crippen molar-refractivity contribution in [1.29, 1.82) is 0 Å². The fourth-order valence-corrected chi connectivity index (χ4v) is 9.85. The van der Waals surface area contributed by atoms with Crippen LogP contribution < -0.4 is 9.96 Å². The van der Waals surface area contributed by atoms with E-state index in [1.54, 1.807) is 0 Å². The zero-order chi connectivity index (χ0) is 25.1. The number of aromatic nitrogens is 3. The smallest absolute Gasteiger partial charge is 0.252 e. The SMILES string of the molecule is CCC1(CC)C(C)c2cc(C(C)(C)C)nc3cc[n+]4c5c(c(=O)n1c4c23)C1CC2(C)CC5(C)C12C. The summed E-state index contributed by atoms with van der Waals surface area (Å²) in [5, 5.41) is 1.19. The van der Waals surface area contributed by atoms with Crippen LogP contribution in [0.3, 0.4) is 0 Å². The summed E-state index contributed by atoms with van der Waals surface area (Å²) in [6, 6.07) is 4.58. The number of fused-ring (bicyclic) bond motifs is 4. The molecule has 5 atom stereocenters. The second-order valence-electron chi connectivity index (χ2n) is 14.1. The van der Waals surface area contributed by atoms with Crippen LogP contribution in [-0.4, -0.2) is 9.55 Å². The third kappa shape index (κ3) is 1.96. The lowest BCUT2D eigenvalue weighted by Gasteiger charge is -2.74. The predicted molar refractivity (Wildman–Crippen MR) is 140 cm³/mol.